The summed E-state index contributed by atoms with van der Waals surface area (Å²) in [5.74, 6) is 0.731. The maximum atomic E-state index is 12.3. The lowest BCUT2D eigenvalue weighted by molar-refractivity contribution is -0.144. The molecule has 23 heavy (non-hydrogen) atoms. The van der Waals surface area contributed by atoms with Gasteiger partial charge in [0.15, 0.2) is 11.9 Å². The van der Waals surface area contributed by atoms with E-state index in [1.165, 1.54) is 19.1 Å². The van der Waals surface area contributed by atoms with Crippen LogP contribution in [0.3, 0.4) is 0 Å². The minimum Gasteiger partial charge on any atom is -0.479 e. The number of fused-ring (bicyclic) bond motifs is 1. The minimum absolute atomic E-state index is 0.151. The Morgan fingerprint density at radius 3 is 2.74 bits per heavy atom. The second-order valence-electron chi connectivity index (χ2n) is 5.14. The first-order valence-corrected chi connectivity index (χ1v) is 6.98. The van der Waals surface area contributed by atoms with E-state index in [1.54, 1.807) is 31.2 Å². The lowest BCUT2D eigenvalue weighted by Gasteiger charge is -2.10. The molecule has 0 radical (unpaired) electrons. The van der Waals surface area contributed by atoms with E-state index in [0.717, 1.165) is 5.76 Å². The molecular weight excluding hydrogens is 300 g/mol. The molecular formula is C17H14O6. The van der Waals surface area contributed by atoms with Gasteiger partial charge in [-0.3, -0.25) is 4.79 Å². The zero-order valence-electron chi connectivity index (χ0n) is 12.5. The molecule has 0 saturated carbocycles. The van der Waals surface area contributed by atoms with Gasteiger partial charge in [-0.2, -0.15) is 0 Å². The lowest BCUT2D eigenvalue weighted by Crippen LogP contribution is -2.22. The summed E-state index contributed by atoms with van der Waals surface area (Å²) in [7, 11) is 0. The highest BCUT2D eigenvalue weighted by Gasteiger charge is 2.28. The zero-order valence-corrected chi connectivity index (χ0v) is 12.5. The van der Waals surface area contributed by atoms with Crippen LogP contribution in [0.2, 0.25) is 0 Å². The Kier molecular flexibility index (Phi) is 3.65. The first kappa shape index (κ1) is 14.9. The van der Waals surface area contributed by atoms with Crippen LogP contribution < -0.4 is 9.47 Å². The molecule has 1 N–H and O–H groups in total. The summed E-state index contributed by atoms with van der Waals surface area (Å²) < 4.78 is 16.2. The van der Waals surface area contributed by atoms with Gasteiger partial charge in [-0.25, -0.2) is 4.79 Å². The molecule has 2 heterocycles. The normalized spacial score (nSPS) is 16.1. The average molecular weight is 314 g/mol. The minimum atomic E-state index is -1.07. The average Bonchev–Trinajstić information content (AvgIpc) is 3.03. The van der Waals surface area contributed by atoms with Gasteiger partial charge in [-0.15, -0.1) is 0 Å². The molecule has 0 spiro atoms. The maximum absolute atomic E-state index is 12.3. The SMILES string of the molecule is Cc1ccc(C=C2Oc3cc(O[C@@H](C)C(=O)O)ccc3C2=O)o1. The summed E-state index contributed by atoms with van der Waals surface area (Å²) >= 11 is 0. The van der Waals surface area contributed by atoms with E-state index in [4.69, 9.17) is 19.0 Å². The molecule has 1 aliphatic rings. The number of carboxylic acid groups (broad SMARTS) is 1. The number of allylic oxidation sites excluding steroid dienone is 1. The topological polar surface area (TPSA) is 86.0 Å². The van der Waals surface area contributed by atoms with Crippen LogP contribution in [0.5, 0.6) is 11.5 Å². The van der Waals surface area contributed by atoms with Gasteiger partial charge >= 0.3 is 5.97 Å². The van der Waals surface area contributed by atoms with E-state index in [1.807, 2.05) is 0 Å². The lowest BCUT2D eigenvalue weighted by atomic mass is 10.1. The molecule has 6 nitrogen and oxygen atoms in total. The number of rotatable bonds is 4. The van der Waals surface area contributed by atoms with E-state index in [0.29, 0.717) is 22.8 Å². The third kappa shape index (κ3) is 2.96. The molecule has 0 unspecified atom stereocenters. The summed E-state index contributed by atoms with van der Waals surface area (Å²) in [6.07, 6.45) is 0.529. The number of carboxylic acids is 1. The third-order valence-corrected chi connectivity index (χ3v) is 3.34. The number of aryl methyl sites for hydroxylation is 1. The van der Waals surface area contributed by atoms with Crippen molar-refractivity contribution < 1.29 is 28.6 Å². The number of furan rings is 1. The molecule has 0 amide bonds. The highest BCUT2D eigenvalue weighted by molar-refractivity contribution is 6.14. The summed E-state index contributed by atoms with van der Waals surface area (Å²) in [4.78, 5) is 23.1. The van der Waals surface area contributed by atoms with E-state index in [2.05, 4.69) is 0 Å². The summed E-state index contributed by atoms with van der Waals surface area (Å²) in [6, 6.07) is 8.12. The van der Waals surface area contributed by atoms with Gasteiger partial charge in [0.2, 0.25) is 5.78 Å². The van der Waals surface area contributed by atoms with Crippen LogP contribution in [0.25, 0.3) is 6.08 Å². The molecule has 0 bridgehead atoms. The second-order valence-corrected chi connectivity index (χ2v) is 5.14. The van der Waals surface area contributed by atoms with Crippen molar-refractivity contribution >= 4 is 17.8 Å². The molecule has 0 aliphatic carbocycles. The van der Waals surface area contributed by atoms with E-state index < -0.39 is 12.1 Å². The van der Waals surface area contributed by atoms with Gasteiger partial charge < -0.3 is 19.0 Å². The number of ether oxygens (including phenoxy) is 2. The Morgan fingerprint density at radius 2 is 2.09 bits per heavy atom. The predicted octanol–water partition coefficient (Wildman–Crippen LogP) is 3.06. The van der Waals surface area contributed by atoms with Crippen molar-refractivity contribution in [3.8, 4) is 11.5 Å². The van der Waals surface area contributed by atoms with Gasteiger partial charge in [0.25, 0.3) is 0 Å². The number of Topliss-reactive ketones (excluding diaryl/α,β-unsaturated/α-hetero) is 1. The molecule has 0 saturated heterocycles. The van der Waals surface area contributed by atoms with Crippen molar-refractivity contribution in [2.24, 2.45) is 0 Å². The van der Waals surface area contributed by atoms with E-state index in [9.17, 15) is 9.59 Å². The summed E-state index contributed by atoms with van der Waals surface area (Å²) in [6.45, 7) is 3.23. The number of hydrogen-bond acceptors (Lipinski definition) is 5. The standard InChI is InChI=1S/C17H14O6/c1-9-3-4-11(21-9)8-15-16(18)13-6-5-12(7-14(13)23-15)22-10(2)17(19)20/h3-8,10H,1-2H3,(H,19,20)/t10-/m0/s1. The van der Waals surface area contributed by atoms with Crippen LogP contribution in [0.15, 0.2) is 40.5 Å². The Labute approximate surface area is 131 Å². The molecule has 118 valence electrons. The molecule has 6 heteroatoms. The molecule has 1 aliphatic heterocycles. The number of carbonyl (C=O) groups is 2. The smallest absolute Gasteiger partial charge is 0.344 e. The molecule has 1 atom stereocenters. The van der Waals surface area contributed by atoms with Crippen LogP contribution in [0.1, 0.15) is 28.8 Å². The quantitative estimate of drug-likeness (QED) is 0.873. The van der Waals surface area contributed by atoms with Crippen LogP contribution >= 0.6 is 0 Å². The fourth-order valence-electron chi connectivity index (χ4n) is 2.16. The predicted molar refractivity (Wildman–Crippen MR) is 80.5 cm³/mol. The van der Waals surface area contributed by atoms with Gasteiger partial charge in [-0.1, -0.05) is 0 Å². The highest BCUT2D eigenvalue weighted by Crippen LogP contribution is 2.35. The molecule has 0 fully saturated rings. The summed E-state index contributed by atoms with van der Waals surface area (Å²) in [5.41, 5.74) is 0.398. The van der Waals surface area contributed by atoms with Gasteiger partial charge in [-0.05, 0) is 38.1 Å². The van der Waals surface area contributed by atoms with Crippen LogP contribution in [0.4, 0.5) is 0 Å². The van der Waals surface area contributed by atoms with Gasteiger partial charge in [0, 0.05) is 12.1 Å². The van der Waals surface area contributed by atoms with Crippen molar-refractivity contribution in [1.82, 2.24) is 0 Å². The van der Waals surface area contributed by atoms with Crippen molar-refractivity contribution in [2.75, 3.05) is 0 Å². The van der Waals surface area contributed by atoms with Crippen LogP contribution in [-0.2, 0) is 4.79 Å². The monoisotopic (exact) mass is 314 g/mol. The number of benzene rings is 1. The molecule has 3 rings (SSSR count). The number of hydrogen-bond donors (Lipinski definition) is 1. The fourth-order valence-corrected chi connectivity index (χ4v) is 2.16. The van der Waals surface area contributed by atoms with E-state index >= 15 is 0 Å². The Balaban J connectivity index is 1.85. The number of aliphatic carboxylic acids is 1. The molecule has 2 aromatic rings. The zero-order chi connectivity index (χ0) is 16.6. The third-order valence-electron chi connectivity index (χ3n) is 3.34. The second kappa shape index (κ2) is 5.64. The van der Waals surface area contributed by atoms with Crippen molar-refractivity contribution in [2.45, 2.75) is 20.0 Å². The Bertz CT molecular complexity index is 814. The van der Waals surface area contributed by atoms with Crippen molar-refractivity contribution in [1.29, 1.82) is 0 Å². The maximum Gasteiger partial charge on any atom is 0.344 e. The van der Waals surface area contributed by atoms with Crippen LogP contribution in [0, 0.1) is 6.92 Å². The van der Waals surface area contributed by atoms with Crippen LogP contribution in [-0.4, -0.2) is 23.0 Å². The summed E-state index contributed by atoms with van der Waals surface area (Å²) in [5, 5.41) is 8.86. The van der Waals surface area contributed by atoms with Gasteiger partial charge in [0.05, 0.1) is 5.56 Å². The van der Waals surface area contributed by atoms with Crippen molar-refractivity contribution in [3.63, 3.8) is 0 Å². The van der Waals surface area contributed by atoms with Crippen molar-refractivity contribution in [3.05, 3.63) is 53.2 Å². The number of ketones is 1. The fraction of sp³-hybridized carbons (Fsp3) is 0.176. The molecule has 1 aromatic carbocycles. The molecule has 1 aromatic heterocycles. The number of carbonyl (C=O) groups excluding carboxylic acids is 1. The van der Waals surface area contributed by atoms with E-state index in [-0.39, 0.29) is 11.5 Å². The Morgan fingerprint density at radius 1 is 1.30 bits per heavy atom. The first-order chi connectivity index (χ1) is 10.9. The Hall–Kier alpha value is -3.02. The first-order valence-electron chi connectivity index (χ1n) is 6.98. The highest BCUT2D eigenvalue weighted by atomic mass is 16.5. The van der Waals surface area contributed by atoms with Gasteiger partial charge in [0.1, 0.15) is 23.0 Å². The largest absolute Gasteiger partial charge is 0.479 e.